The summed E-state index contributed by atoms with van der Waals surface area (Å²) in [5.41, 5.74) is 1.77. The zero-order chi connectivity index (χ0) is 25.1. The molecular weight excluding hydrogens is 464 g/mol. The number of benzene rings is 2. The maximum atomic E-state index is 10.5. The van der Waals surface area contributed by atoms with Crippen LogP contribution in [0.2, 0.25) is 0 Å². The molecule has 0 saturated carbocycles. The molecule has 0 aliphatic carbocycles. The zero-order valence-corrected chi connectivity index (χ0v) is 18.8. The van der Waals surface area contributed by atoms with Gasteiger partial charge in [-0.05, 0) is 48.2 Å². The van der Waals surface area contributed by atoms with E-state index >= 15 is 0 Å². The number of phenolic OH excluding ortho intramolecular Hbond substituents is 2. The first-order valence-corrected chi connectivity index (χ1v) is 11.3. The molecule has 2 aromatic rings. The van der Waals surface area contributed by atoms with Crippen LogP contribution in [0.5, 0.6) is 17.2 Å². The molecule has 4 rings (SSSR count). The van der Waals surface area contributed by atoms with Gasteiger partial charge in [0.1, 0.15) is 53.9 Å². The van der Waals surface area contributed by atoms with E-state index in [1.54, 1.807) is 24.3 Å². The van der Waals surface area contributed by atoms with Gasteiger partial charge in [-0.25, -0.2) is 0 Å². The van der Waals surface area contributed by atoms with E-state index in [1.807, 2.05) is 12.1 Å². The summed E-state index contributed by atoms with van der Waals surface area (Å²) in [6, 6.07) is 11.4. The minimum atomic E-state index is -1.55. The minimum Gasteiger partial charge on any atom is -0.508 e. The van der Waals surface area contributed by atoms with Crippen molar-refractivity contribution < 1.29 is 54.7 Å². The lowest BCUT2D eigenvalue weighted by Gasteiger charge is -2.41. The quantitative estimate of drug-likeness (QED) is 0.255. The molecule has 7 N–H and O–H groups in total. The van der Waals surface area contributed by atoms with Gasteiger partial charge in [0.15, 0.2) is 6.29 Å². The molecule has 0 radical (unpaired) electrons. The number of ether oxygens (including phenoxy) is 4. The highest BCUT2D eigenvalue weighted by Crippen LogP contribution is 2.28. The molecule has 0 bridgehead atoms. The maximum absolute atomic E-state index is 10.5. The van der Waals surface area contributed by atoms with E-state index in [2.05, 4.69) is 0 Å². The van der Waals surface area contributed by atoms with Crippen LogP contribution < -0.4 is 4.74 Å². The molecule has 11 heteroatoms. The second-order valence-electron chi connectivity index (χ2n) is 8.73. The molecule has 2 fully saturated rings. The lowest BCUT2D eigenvalue weighted by atomic mass is 10.0. The average molecular weight is 494 g/mol. The summed E-state index contributed by atoms with van der Waals surface area (Å²) in [5.74, 6) is 0.366. The van der Waals surface area contributed by atoms with Crippen molar-refractivity contribution in [1.29, 1.82) is 0 Å². The summed E-state index contributed by atoms with van der Waals surface area (Å²) in [4.78, 5) is 0. The van der Waals surface area contributed by atoms with Gasteiger partial charge < -0.3 is 54.7 Å². The largest absolute Gasteiger partial charge is 0.508 e. The molecule has 0 spiro atoms. The number of phenols is 2. The van der Waals surface area contributed by atoms with Crippen molar-refractivity contribution in [1.82, 2.24) is 0 Å². The molecule has 0 amide bonds. The predicted octanol–water partition coefficient (Wildman–Crippen LogP) is -0.836. The fourth-order valence-electron chi connectivity index (χ4n) is 4.00. The molecular formula is C24H30O11. The molecule has 35 heavy (non-hydrogen) atoms. The number of aromatic hydroxyl groups is 2. The van der Waals surface area contributed by atoms with Crippen molar-refractivity contribution in [2.45, 2.75) is 62.0 Å². The molecule has 0 aromatic heterocycles. The second-order valence-corrected chi connectivity index (χ2v) is 8.73. The van der Waals surface area contributed by atoms with Gasteiger partial charge in [-0.1, -0.05) is 12.1 Å². The van der Waals surface area contributed by atoms with Crippen LogP contribution in [0.15, 0.2) is 42.5 Å². The summed E-state index contributed by atoms with van der Waals surface area (Å²) in [7, 11) is 0. The maximum Gasteiger partial charge on any atom is 0.228 e. The highest BCUT2D eigenvalue weighted by atomic mass is 16.7. The zero-order valence-electron chi connectivity index (χ0n) is 18.8. The Balaban J connectivity index is 1.34. The fraction of sp³-hybridized carbons (Fsp3) is 0.500. The average Bonchev–Trinajstić information content (AvgIpc) is 2.83. The first kappa shape index (κ1) is 25.6. The highest BCUT2D eigenvalue weighted by molar-refractivity contribution is 5.38. The van der Waals surface area contributed by atoms with E-state index in [9.17, 15) is 35.7 Å². The van der Waals surface area contributed by atoms with Gasteiger partial charge in [-0.3, -0.25) is 0 Å². The molecule has 8 atom stereocenters. The van der Waals surface area contributed by atoms with E-state index in [0.29, 0.717) is 12.8 Å². The van der Waals surface area contributed by atoms with Crippen LogP contribution in [0, 0.1) is 0 Å². The lowest BCUT2D eigenvalue weighted by Crippen LogP contribution is -2.60. The Morgan fingerprint density at radius 1 is 0.686 bits per heavy atom. The fourth-order valence-corrected chi connectivity index (χ4v) is 4.00. The first-order valence-electron chi connectivity index (χ1n) is 11.3. The van der Waals surface area contributed by atoms with Crippen LogP contribution in [0.4, 0.5) is 0 Å². The van der Waals surface area contributed by atoms with Gasteiger partial charge in [0.25, 0.3) is 0 Å². The van der Waals surface area contributed by atoms with Gasteiger partial charge >= 0.3 is 0 Å². The first-order chi connectivity index (χ1) is 16.7. The van der Waals surface area contributed by atoms with Crippen molar-refractivity contribution in [2.75, 3.05) is 13.2 Å². The Morgan fingerprint density at radius 3 is 2.09 bits per heavy atom. The number of aliphatic hydroxyl groups is 5. The van der Waals surface area contributed by atoms with Crippen molar-refractivity contribution in [3.05, 3.63) is 53.6 Å². The number of aryl methyl sites for hydroxylation is 2. The Bertz CT molecular complexity index is 968. The van der Waals surface area contributed by atoms with Crippen molar-refractivity contribution in [2.24, 2.45) is 0 Å². The van der Waals surface area contributed by atoms with Gasteiger partial charge in [-0.2, -0.15) is 0 Å². The standard InChI is InChI=1S/C24H30O11/c25-14-5-3-12(4-6-14)1-2-13-7-15(26)9-16(8-13)34-23-22(31)20(29)18(11-33-23)35-24-21(30)19(28)17(27)10-32-24/h3-9,17-31H,1-2,10-11H2/t17-,18-,19+,20+,21-,22-,23+,24+/m1/s1. The van der Waals surface area contributed by atoms with Crippen molar-refractivity contribution in [3.63, 3.8) is 0 Å². The molecule has 0 unspecified atom stereocenters. The summed E-state index contributed by atoms with van der Waals surface area (Å²) in [6.45, 7) is -0.492. The van der Waals surface area contributed by atoms with E-state index in [1.165, 1.54) is 6.07 Å². The van der Waals surface area contributed by atoms with Gasteiger partial charge in [0.05, 0.1) is 13.2 Å². The third kappa shape index (κ3) is 6.21. The van der Waals surface area contributed by atoms with Crippen LogP contribution in [0.25, 0.3) is 0 Å². The van der Waals surface area contributed by atoms with Crippen LogP contribution >= 0.6 is 0 Å². The Morgan fingerprint density at radius 2 is 1.34 bits per heavy atom. The second kappa shape index (κ2) is 11.1. The summed E-state index contributed by atoms with van der Waals surface area (Å²) in [6.07, 6.45) is -9.77. The van der Waals surface area contributed by atoms with Crippen molar-refractivity contribution >= 4 is 0 Å². The number of rotatable bonds is 7. The van der Waals surface area contributed by atoms with Gasteiger partial charge in [-0.15, -0.1) is 0 Å². The lowest BCUT2D eigenvalue weighted by molar-refractivity contribution is -0.320. The van der Waals surface area contributed by atoms with E-state index in [0.717, 1.165) is 11.1 Å². The molecule has 192 valence electrons. The Labute approximate surface area is 201 Å². The number of aliphatic hydroxyl groups excluding tert-OH is 5. The highest BCUT2D eigenvalue weighted by Gasteiger charge is 2.45. The number of hydrogen-bond donors (Lipinski definition) is 7. The summed E-state index contributed by atoms with van der Waals surface area (Å²) >= 11 is 0. The van der Waals surface area contributed by atoms with Crippen LogP contribution in [0.3, 0.4) is 0 Å². The smallest absolute Gasteiger partial charge is 0.228 e. The molecule has 2 aromatic carbocycles. The summed E-state index contributed by atoms with van der Waals surface area (Å²) in [5, 5.41) is 69.8. The molecule has 2 aliphatic rings. The van der Waals surface area contributed by atoms with Crippen LogP contribution in [0.1, 0.15) is 11.1 Å². The third-order valence-electron chi connectivity index (χ3n) is 6.04. The van der Waals surface area contributed by atoms with E-state index in [4.69, 9.17) is 18.9 Å². The van der Waals surface area contributed by atoms with E-state index in [-0.39, 0.29) is 30.5 Å². The molecule has 11 nitrogen and oxygen atoms in total. The van der Waals surface area contributed by atoms with E-state index < -0.39 is 49.2 Å². The monoisotopic (exact) mass is 494 g/mol. The van der Waals surface area contributed by atoms with Gasteiger partial charge in [0.2, 0.25) is 6.29 Å². The molecule has 2 saturated heterocycles. The Kier molecular flexibility index (Phi) is 8.09. The Hall–Kier alpha value is -2.48. The summed E-state index contributed by atoms with van der Waals surface area (Å²) < 4.78 is 21.8. The minimum absolute atomic E-state index is 0.0422. The van der Waals surface area contributed by atoms with Crippen molar-refractivity contribution in [3.8, 4) is 17.2 Å². The topological polar surface area (TPSA) is 179 Å². The number of hydrogen-bond acceptors (Lipinski definition) is 11. The van der Waals surface area contributed by atoms with Crippen LogP contribution in [-0.2, 0) is 27.1 Å². The van der Waals surface area contributed by atoms with Gasteiger partial charge in [0, 0.05) is 6.07 Å². The third-order valence-corrected chi connectivity index (χ3v) is 6.04. The molecule has 2 heterocycles. The molecule has 2 aliphatic heterocycles. The normalized spacial score (nSPS) is 33.4. The van der Waals surface area contributed by atoms with Crippen LogP contribution in [-0.4, -0.2) is 98.2 Å². The SMILES string of the molecule is Oc1ccc(CCc2cc(O)cc(O[C@@H]3OC[C@@H](O[C@@H]4OC[C@@H](O)[C@H](O)[C@H]4O)[C@H](O)[C@H]3O)c2)cc1. The predicted molar refractivity (Wildman–Crippen MR) is 119 cm³/mol.